The molecule has 1 heterocycles. The second kappa shape index (κ2) is 10.4. The summed E-state index contributed by atoms with van der Waals surface area (Å²) in [6.45, 7) is 3.87. The van der Waals surface area contributed by atoms with Gasteiger partial charge in [-0.05, 0) is 48.5 Å². The Morgan fingerprint density at radius 2 is 1.29 bits per heavy atom. The molecule has 0 atom stereocenters. The summed E-state index contributed by atoms with van der Waals surface area (Å²) >= 11 is 0. The van der Waals surface area contributed by atoms with Crippen LogP contribution in [0.2, 0.25) is 0 Å². The van der Waals surface area contributed by atoms with Crippen molar-refractivity contribution < 1.29 is 14.3 Å². The summed E-state index contributed by atoms with van der Waals surface area (Å²) < 4.78 is 11.4. The summed E-state index contributed by atoms with van der Waals surface area (Å²) in [5.41, 5.74) is 12.2. The lowest BCUT2D eigenvalue weighted by Crippen LogP contribution is -2.52. The van der Waals surface area contributed by atoms with Gasteiger partial charge in [-0.15, -0.1) is 0 Å². The lowest BCUT2D eigenvalue weighted by molar-refractivity contribution is -0.136. The predicted molar refractivity (Wildman–Crippen MR) is 119 cm³/mol. The van der Waals surface area contributed by atoms with E-state index in [1.54, 1.807) is 48.5 Å². The quantitative estimate of drug-likeness (QED) is 0.329. The highest BCUT2D eigenvalue weighted by Crippen LogP contribution is 2.13. The number of nitrogens with one attached hydrogen (secondary N) is 2. The van der Waals surface area contributed by atoms with Gasteiger partial charge in [-0.1, -0.05) is 0 Å². The molecule has 9 nitrogen and oxygen atoms in total. The van der Waals surface area contributed by atoms with Crippen LogP contribution in [-0.2, 0) is 4.79 Å². The molecule has 0 bridgehead atoms. The van der Waals surface area contributed by atoms with E-state index in [0.29, 0.717) is 62.0 Å². The summed E-state index contributed by atoms with van der Waals surface area (Å²) in [6, 6.07) is 14.1. The number of carbonyl (C=O) groups is 1. The highest BCUT2D eigenvalue weighted by Gasteiger charge is 2.23. The van der Waals surface area contributed by atoms with E-state index < -0.39 is 0 Å². The average molecular weight is 425 g/mol. The van der Waals surface area contributed by atoms with Crippen LogP contribution >= 0.6 is 0 Å². The zero-order valence-corrected chi connectivity index (χ0v) is 17.3. The number of amidine groups is 2. The molecule has 0 radical (unpaired) electrons. The minimum Gasteiger partial charge on any atom is -0.492 e. The highest BCUT2D eigenvalue weighted by molar-refractivity contribution is 5.95. The first-order chi connectivity index (χ1) is 14.9. The number of nitrogens with two attached hydrogens (primary N) is 2. The van der Waals surface area contributed by atoms with Gasteiger partial charge in [0.2, 0.25) is 5.91 Å². The summed E-state index contributed by atoms with van der Waals surface area (Å²) in [6.07, 6.45) is 0. The molecule has 9 heteroatoms. The van der Waals surface area contributed by atoms with Crippen molar-refractivity contribution in [1.29, 1.82) is 10.8 Å². The second-order valence-corrected chi connectivity index (χ2v) is 7.23. The minimum atomic E-state index is 0.0197. The molecule has 2 aromatic carbocycles. The van der Waals surface area contributed by atoms with Gasteiger partial charge < -0.3 is 25.8 Å². The number of piperazine rings is 1. The molecule has 0 spiro atoms. The van der Waals surface area contributed by atoms with E-state index in [4.69, 9.17) is 31.8 Å². The van der Waals surface area contributed by atoms with E-state index in [-0.39, 0.29) is 17.6 Å². The average Bonchev–Trinajstić information content (AvgIpc) is 2.76. The van der Waals surface area contributed by atoms with Gasteiger partial charge in [0, 0.05) is 30.8 Å². The molecule has 0 unspecified atom stereocenters. The number of carbonyl (C=O) groups excluding carboxylic acids is 1. The molecule has 0 aliphatic carbocycles. The van der Waals surface area contributed by atoms with Gasteiger partial charge in [0.25, 0.3) is 0 Å². The van der Waals surface area contributed by atoms with Crippen LogP contribution < -0.4 is 20.9 Å². The maximum atomic E-state index is 12.4. The van der Waals surface area contributed by atoms with Crippen LogP contribution in [0, 0.1) is 10.8 Å². The maximum absolute atomic E-state index is 12.4. The molecule has 3 rings (SSSR count). The van der Waals surface area contributed by atoms with Gasteiger partial charge in [-0.25, -0.2) is 0 Å². The molecule has 31 heavy (non-hydrogen) atoms. The molecule has 1 aliphatic heterocycles. The van der Waals surface area contributed by atoms with Crippen LogP contribution in [0.1, 0.15) is 11.1 Å². The Bertz CT molecular complexity index is 914. The van der Waals surface area contributed by atoms with Crippen molar-refractivity contribution in [3.8, 4) is 11.5 Å². The molecule has 1 saturated heterocycles. The third kappa shape index (κ3) is 6.45. The predicted octanol–water partition coefficient (Wildman–Crippen LogP) is 0.857. The van der Waals surface area contributed by atoms with Gasteiger partial charge >= 0.3 is 0 Å². The first-order valence-electron chi connectivity index (χ1n) is 10.1. The SMILES string of the molecule is N=C(N)c1ccc(OCCN2CCN(CCOc3ccc(C(=N)N)cc3)C(=O)C2)cc1. The zero-order valence-electron chi connectivity index (χ0n) is 17.3. The second-order valence-electron chi connectivity index (χ2n) is 7.23. The smallest absolute Gasteiger partial charge is 0.236 e. The molecule has 1 amide bonds. The molecular formula is C22H28N6O3. The van der Waals surface area contributed by atoms with E-state index in [1.165, 1.54) is 0 Å². The van der Waals surface area contributed by atoms with Crippen LogP contribution in [0.15, 0.2) is 48.5 Å². The molecule has 164 valence electrons. The largest absolute Gasteiger partial charge is 0.492 e. The third-order valence-corrected chi connectivity index (χ3v) is 5.03. The van der Waals surface area contributed by atoms with E-state index in [0.717, 1.165) is 6.54 Å². The molecular weight excluding hydrogens is 396 g/mol. The summed E-state index contributed by atoms with van der Waals surface area (Å²) in [4.78, 5) is 16.3. The molecule has 2 aromatic rings. The number of hydrogen-bond donors (Lipinski definition) is 4. The topological polar surface area (TPSA) is 142 Å². The molecule has 0 saturated carbocycles. The summed E-state index contributed by atoms with van der Waals surface area (Å²) in [7, 11) is 0. The standard InChI is InChI=1S/C22H28N6O3/c23-21(24)16-1-5-18(6-2-16)30-13-11-27-9-10-28(20(29)15-27)12-14-31-19-7-3-17(4-8-19)22(25)26/h1-8H,9-15H2,(H3,23,24)(H3,25,26). The van der Waals surface area contributed by atoms with Gasteiger partial charge in [0.15, 0.2) is 0 Å². The summed E-state index contributed by atoms with van der Waals surface area (Å²) in [5.74, 6) is 1.52. The number of hydrogen-bond acceptors (Lipinski definition) is 6. The first kappa shape index (κ1) is 22.1. The van der Waals surface area contributed by atoms with Crippen LogP contribution in [-0.4, -0.2) is 73.3 Å². The van der Waals surface area contributed by atoms with Gasteiger partial charge in [0.05, 0.1) is 13.1 Å². The van der Waals surface area contributed by atoms with Crippen LogP contribution in [0.4, 0.5) is 0 Å². The van der Waals surface area contributed by atoms with Crippen molar-refractivity contribution >= 4 is 17.6 Å². The van der Waals surface area contributed by atoms with E-state index in [9.17, 15) is 4.79 Å². The Balaban J connectivity index is 1.34. The van der Waals surface area contributed by atoms with Crippen molar-refractivity contribution in [2.75, 3.05) is 45.9 Å². The highest BCUT2D eigenvalue weighted by atomic mass is 16.5. The molecule has 6 N–H and O–H groups in total. The molecule has 1 fully saturated rings. The van der Waals surface area contributed by atoms with E-state index in [2.05, 4.69) is 4.90 Å². The Morgan fingerprint density at radius 3 is 1.74 bits per heavy atom. The van der Waals surface area contributed by atoms with Crippen LogP contribution in [0.3, 0.4) is 0 Å². The maximum Gasteiger partial charge on any atom is 0.236 e. The van der Waals surface area contributed by atoms with Crippen LogP contribution in [0.25, 0.3) is 0 Å². The molecule has 1 aliphatic rings. The third-order valence-electron chi connectivity index (χ3n) is 5.03. The Hall–Kier alpha value is -3.59. The minimum absolute atomic E-state index is 0.0197. The number of ether oxygens (including phenoxy) is 2. The van der Waals surface area contributed by atoms with E-state index >= 15 is 0 Å². The van der Waals surface area contributed by atoms with Crippen LogP contribution in [0.5, 0.6) is 11.5 Å². The van der Waals surface area contributed by atoms with Gasteiger partial charge in [-0.3, -0.25) is 20.5 Å². The Labute approximate surface area is 181 Å². The fourth-order valence-electron chi connectivity index (χ4n) is 3.21. The number of rotatable bonds is 10. The van der Waals surface area contributed by atoms with E-state index in [1.807, 2.05) is 4.90 Å². The van der Waals surface area contributed by atoms with Gasteiger partial charge in [0.1, 0.15) is 36.4 Å². The number of benzene rings is 2. The van der Waals surface area contributed by atoms with Gasteiger partial charge in [-0.2, -0.15) is 0 Å². The zero-order chi connectivity index (χ0) is 22.2. The van der Waals surface area contributed by atoms with Crippen molar-refractivity contribution in [1.82, 2.24) is 9.80 Å². The monoisotopic (exact) mass is 424 g/mol. The number of nitrogens with zero attached hydrogens (tertiary/aromatic N) is 2. The fraction of sp³-hybridized carbons (Fsp3) is 0.318. The number of nitrogen functional groups attached to an aromatic ring is 2. The lowest BCUT2D eigenvalue weighted by Gasteiger charge is -2.34. The van der Waals surface area contributed by atoms with Crippen molar-refractivity contribution in [2.24, 2.45) is 11.5 Å². The van der Waals surface area contributed by atoms with Crippen molar-refractivity contribution in [3.63, 3.8) is 0 Å². The lowest BCUT2D eigenvalue weighted by atomic mass is 10.2. The molecule has 0 aromatic heterocycles. The summed E-state index contributed by atoms with van der Waals surface area (Å²) in [5, 5.41) is 14.8. The van der Waals surface area contributed by atoms with Crippen molar-refractivity contribution in [3.05, 3.63) is 59.7 Å². The Morgan fingerprint density at radius 1 is 0.806 bits per heavy atom. The fourth-order valence-corrected chi connectivity index (χ4v) is 3.21. The normalized spacial score (nSPS) is 14.3. The number of amides is 1. The Kier molecular flexibility index (Phi) is 7.45. The van der Waals surface area contributed by atoms with Crippen molar-refractivity contribution in [2.45, 2.75) is 0 Å². The first-order valence-corrected chi connectivity index (χ1v) is 10.1.